The first-order chi connectivity index (χ1) is 7.27. The quantitative estimate of drug-likeness (QED) is 0.558. The summed E-state index contributed by atoms with van der Waals surface area (Å²) >= 11 is 0. The van der Waals surface area contributed by atoms with Gasteiger partial charge in [-0.05, 0) is 26.0 Å². The molecule has 1 atom stereocenters. The van der Waals surface area contributed by atoms with Crippen molar-refractivity contribution in [1.82, 2.24) is 0 Å². The number of nitrogens with zero attached hydrogens (tertiary/aromatic N) is 2. The molecule has 0 bridgehead atoms. The van der Waals surface area contributed by atoms with E-state index in [9.17, 15) is 0 Å². The smallest absolute Gasteiger partial charge is 0.205 e. The second-order valence-corrected chi connectivity index (χ2v) is 3.07. The van der Waals surface area contributed by atoms with Crippen LogP contribution >= 0.6 is 0 Å². The van der Waals surface area contributed by atoms with Gasteiger partial charge in [-0.1, -0.05) is 18.2 Å². The van der Waals surface area contributed by atoms with E-state index in [-0.39, 0.29) is 5.92 Å². The highest BCUT2D eigenvalue weighted by atomic mass is 16.5. The fraction of sp³-hybridized carbons (Fsp3) is 0.333. The van der Waals surface area contributed by atoms with Gasteiger partial charge in [-0.15, -0.1) is 0 Å². The Morgan fingerprint density at radius 2 is 2.13 bits per heavy atom. The Labute approximate surface area is 90.0 Å². The molecule has 0 aliphatic rings. The van der Waals surface area contributed by atoms with Crippen LogP contribution in [0.3, 0.4) is 0 Å². The lowest BCUT2D eigenvalue weighted by molar-refractivity contribution is 0.311. The van der Waals surface area contributed by atoms with Crippen molar-refractivity contribution in [3.63, 3.8) is 0 Å². The fourth-order valence-electron chi connectivity index (χ4n) is 1.09. The molecule has 0 amide bonds. The SMILES string of the molecule is CCOC(=Nc1ccccc1)C(C)C#N. The predicted octanol–water partition coefficient (Wildman–Crippen LogP) is 2.91. The van der Waals surface area contributed by atoms with E-state index in [1.807, 2.05) is 37.3 Å². The Kier molecular flexibility index (Phi) is 4.36. The van der Waals surface area contributed by atoms with Crippen LogP contribution in [0.4, 0.5) is 5.69 Å². The highest BCUT2D eigenvalue weighted by molar-refractivity contribution is 5.83. The van der Waals surface area contributed by atoms with Crippen LogP contribution in [0.5, 0.6) is 0 Å². The average molecular weight is 202 g/mol. The largest absolute Gasteiger partial charge is 0.480 e. The summed E-state index contributed by atoms with van der Waals surface area (Å²) in [5, 5.41) is 8.80. The van der Waals surface area contributed by atoms with E-state index < -0.39 is 0 Å². The first-order valence-corrected chi connectivity index (χ1v) is 4.94. The van der Waals surface area contributed by atoms with Crippen molar-refractivity contribution in [3.05, 3.63) is 30.3 Å². The monoisotopic (exact) mass is 202 g/mol. The van der Waals surface area contributed by atoms with Gasteiger partial charge in [-0.25, -0.2) is 4.99 Å². The normalized spacial score (nSPS) is 13.0. The van der Waals surface area contributed by atoms with Crippen LogP contribution in [0.15, 0.2) is 35.3 Å². The van der Waals surface area contributed by atoms with Gasteiger partial charge in [0.05, 0.1) is 18.4 Å². The molecule has 15 heavy (non-hydrogen) atoms. The van der Waals surface area contributed by atoms with E-state index in [0.29, 0.717) is 12.5 Å². The van der Waals surface area contributed by atoms with Gasteiger partial charge in [0.15, 0.2) is 0 Å². The third-order valence-corrected chi connectivity index (χ3v) is 1.85. The van der Waals surface area contributed by atoms with Crippen molar-refractivity contribution in [2.45, 2.75) is 13.8 Å². The van der Waals surface area contributed by atoms with Gasteiger partial charge in [0.2, 0.25) is 5.90 Å². The summed E-state index contributed by atoms with van der Waals surface area (Å²) < 4.78 is 5.33. The van der Waals surface area contributed by atoms with Gasteiger partial charge in [0.25, 0.3) is 0 Å². The lowest BCUT2D eigenvalue weighted by Gasteiger charge is -2.08. The second kappa shape index (κ2) is 5.82. The van der Waals surface area contributed by atoms with Crippen molar-refractivity contribution in [2.75, 3.05) is 6.61 Å². The van der Waals surface area contributed by atoms with Gasteiger partial charge in [-0.3, -0.25) is 0 Å². The van der Waals surface area contributed by atoms with E-state index in [0.717, 1.165) is 5.69 Å². The molecule has 3 nitrogen and oxygen atoms in total. The number of ether oxygens (including phenoxy) is 1. The van der Waals surface area contributed by atoms with Gasteiger partial charge in [0.1, 0.15) is 5.92 Å². The van der Waals surface area contributed by atoms with Crippen molar-refractivity contribution >= 4 is 11.6 Å². The maximum Gasteiger partial charge on any atom is 0.205 e. The first kappa shape index (κ1) is 11.3. The molecule has 0 aliphatic heterocycles. The molecular formula is C12H14N2O. The van der Waals surface area contributed by atoms with Crippen molar-refractivity contribution in [1.29, 1.82) is 5.26 Å². The topological polar surface area (TPSA) is 45.4 Å². The van der Waals surface area contributed by atoms with Gasteiger partial charge < -0.3 is 4.74 Å². The number of para-hydroxylation sites is 1. The molecule has 3 heteroatoms. The molecule has 0 radical (unpaired) electrons. The minimum absolute atomic E-state index is 0.315. The minimum Gasteiger partial charge on any atom is -0.480 e. The van der Waals surface area contributed by atoms with E-state index in [1.165, 1.54) is 0 Å². The Balaban J connectivity index is 2.90. The van der Waals surface area contributed by atoms with E-state index in [4.69, 9.17) is 10.00 Å². The molecule has 0 spiro atoms. The van der Waals surface area contributed by atoms with Crippen LogP contribution in [0.2, 0.25) is 0 Å². The zero-order valence-electron chi connectivity index (χ0n) is 8.97. The fourth-order valence-corrected chi connectivity index (χ4v) is 1.09. The Hall–Kier alpha value is -1.82. The average Bonchev–Trinajstić information content (AvgIpc) is 2.29. The molecule has 0 saturated carbocycles. The number of hydrogen-bond donors (Lipinski definition) is 0. The third-order valence-electron chi connectivity index (χ3n) is 1.85. The zero-order valence-corrected chi connectivity index (χ0v) is 8.97. The summed E-state index contributed by atoms with van der Waals surface area (Å²) in [6, 6.07) is 11.6. The van der Waals surface area contributed by atoms with E-state index in [1.54, 1.807) is 6.92 Å². The van der Waals surface area contributed by atoms with Crippen LogP contribution in [-0.4, -0.2) is 12.5 Å². The number of aliphatic imine (C=N–C) groups is 1. The van der Waals surface area contributed by atoms with Gasteiger partial charge >= 0.3 is 0 Å². The molecule has 0 saturated heterocycles. The highest BCUT2D eigenvalue weighted by Crippen LogP contribution is 2.13. The molecule has 1 unspecified atom stereocenters. The number of nitriles is 1. The van der Waals surface area contributed by atoms with Crippen LogP contribution in [0.1, 0.15) is 13.8 Å². The van der Waals surface area contributed by atoms with Crippen LogP contribution < -0.4 is 0 Å². The number of rotatable bonds is 3. The number of benzene rings is 1. The van der Waals surface area contributed by atoms with Crippen LogP contribution in [0, 0.1) is 17.2 Å². The third kappa shape index (κ3) is 3.43. The Morgan fingerprint density at radius 1 is 1.47 bits per heavy atom. The summed E-state index contributed by atoms with van der Waals surface area (Å²) in [6.45, 7) is 4.18. The minimum atomic E-state index is -0.315. The maximum absolute atomic E-state index is 8.80. The summed E-state index contributed by atoms with van der Waals surface area (Å²) in [5.41, 5.74) is 0.808. The standard InChI is InChI=1S/C12H14N2O/c1-3-15-12(10(2)9-13)14-11-7-5-4-6-8-11/h4-8,10H,3H2,1-2H3. The van der Waals surface area contributed by atoms with Crippen molar-refractivity contribution in [3.8, 4) is 6.07 Å². The summed E-state index contributed by atoms with van der Waals surface area (Å²) in [6.07, 6.45) is 0. The lowest BCUT2D eigenvalue weighted by Crippen LogP contribution is -2.13. The summed E-state index contributed by atoms with van der Waals surface area (Å²) in [5.74, 6) is 0.163. The lowest BCUT2D eigenvalue weighted by atomic mass is 10.2. The molecule has 0 aliphatic carbocycles. The molecule has 1 rings (SSSR count). The second-order valence-electron chi connectivity index (χ2n) is 3.07. The number of hydrogen-bond acceptors (Lipinski definition) is 3. The van der Waals surface area contributed by atoms with E-state index in [2.05, 4.69) is 11.1 Å². The predicted molar refractivity (Wildman–Crippen MR) is 59.9 cm³/mol. The van der Waals surface area contributed by atoms with Gasteiger partial charge in [0, 0.05) is 0 Å². The highest BCUT2D eigenvalue weighted by Gasteiger charge is 2.10. The van der Waals surface area contributed by atoms with E-state index >= 15 is 0 Å². The molecule has 0 heterocycles. The molecular weight excluding hydrogens is 188 g/mol. The molecule has 1 aromatic carbocycles. The maximum atomic E-state index is 8.80. The molecule has 0 aromatic heterocycles. The molecule has 0 fully saturated rings. The van der Waals surface area contributed by atoms with Crippen molar-refractivity contribution in [2.24, 2.45) is 10.9 Å². The molecule has 1 aromatic rings. The van der Waals surface area contributed by atoms with Gasteiger partial charge in [-0.2, -0.15) is 5.26 Å². The Bertz CT molecular complexity index is 365. The van der Waals surface area contributed by atoms with Crippen LogP contribution in [0.25, 0.3) is 0 Å². The molecule has 0 N–H and O–H groups in total. The van der Waals surface area contributed by atoms with Crippen molar-refractivity contribution < 1.29 is 4.74 Å². The van der Waals surface area contributed by atoms with Crippen LogP contribution in [-0.2, 0) is 4.74 Å². The molecule has 78 valence electrons. The Morgan fingerprint density at radius 3 is 2.67 bits per heavy atom. The summed E-state index contributed by atoms with van der Waals surface area (Å²) in [4.78, 5) is 4.29. The summed E-state index contributed by atoms with van der Waals surface area (Å²) in [7, 11) is 0. The first-order valence-electron chi connectivity index (χ1n) is 4.94. The zero-order chi connectivity index (χ0) is 11.1.